The number of halogens is 3. The minimum Gasteiger partial charge on any atom is -0.361 e. The van der Waals surface area contributed by atoms with Gasteiger partial charge in [-0.25, -0.2) is 0 Å². The van der Waals surface area contributed by atoms with Crippen LogP contribution in [0.4, 0.5) is 13.2 Å². The fourth-order valence-electron chi connectivity index (χ4n) is 2.36. The average molecular weight is 275 g/mol. The Bertz CT molecular complexity index is 741. The van der Waals surface area contributed by atoms with Crippen molar-refractivity contribution in [2.75, 3.05) is 0 Å². The highest BCUT2D eigenvalue weighted by molar-refractivity contribution is 5.83. The minimum atomic E-state index is -4.30. The van der Waals surface area contributed by atoms with Crippen molar-refractivity contribution in [2.24, 2.45) is 0 Å². The van der Waals surface area contributed by atoms with Crippen LogP contribution in [0.15, 0.2) is 54.7 Å². The molecule has 0 unspecified atom stereocenters. The van der Waals surface area contributed by atoms with E-state index in [9.17, 15) is 13.2 Å². The van der Waals surface area contributed by atoms with Crippen LogP contribution in [0, 0.1) is 0 Å². The van der Waals surface area contributed by atoms with Crippen LogP contribution >= 0.6 is 0 Å². The van der Waals surface area contributed by atoms with Crippen molar-refractivity contribution in [2.45, 2.75) is 12.6 Å². The van der Waals surface area contributed by atoms with Gasteiger partial charge in [-0.1, -0.05) is 36.4 Å². The monoisotopic (exact) mass is 275 g/mol. The van der Waals surface area contributed by atoms with Crippen LogP contribution in [0.1, 0.15) is 16.7 Å². The van der Waals surface area contributed by atoms with Gasteiger partial charge in [-0.05, 0) is 29.7 Å². The predicted octanol–water partition coefficient (Wildman–Crippen LogP) is 4.78. The van der Waals surface area contributed by atoms with E-state index < -0.39 is 11.7 Å². The predicted molar refractivity (Wildman–Crippen MR) is 72.5 cm³/mol. The summed E-state index contributed by atoms with van der Waals surface area (Å²) >= 11 is 0. The highest BCUT2D eigenvalue weighted by Crippen LogP contribution is 2.30. The lowest BCUT2D eigenvalue weighted by Crippen LogP contribution is -2.05. The first-order valence-corrected chi connectivity index (χ1v) is 6.25. The van der Waals surface area contributed by atoms with Gasteiger partial charge in [0, 0.05) is 17.1 Å². The summed E-state index contributed by atoms with van der Waals surface area (Å²) in [4.78, 5) is 3.13. The minimum absolute atomic E-state index is 0.480. The van der Waals surface area contributed by atoms with Crippen molar-refractivity contribution in [1.29, 1.82) is 0 Å². The number of nitrogens with one attached hydrogen (secondary N) is 1. The summed E-state index contributed by atoms with van der Waals surface area (Å²) in [6.45, 7) is 0. The number of hydrogen-bond donors (Lipinski definition) is 1. The number of rotatable bonds is 2. The normalized spacial score (nSPS) is 11.9. The maximum atomic E-state index is 12.7. The Morgan fingerprint density at radius 2 is 1.75 bits per heavy atom. The van der Waals surface area contributed by atoms with E-state index >= 15 is 0 Å². The highest BCUT2D eigenvalue weighted by Gasteiger charge is 2.30. The van der Waals surface area contributed by atoms with E-state index in [1.165, 1.54) is 12.1 Å². The van der Waals surface area contributed by atoms with Crippen molar-refractivity contribution < 1.29 is 13.2 Å². The van der Waals surface area contributed by atoms with Crippen LogP contribution in [0.5, 0.6) is 0 Å². The fraction of sp³-hybridized carbons (Fsp3) is 0.125. The van der Waals surface area contributed by atoms with Gasteiger partial charge in [0.1, 0.15) is 0 Å². The third-order valence-corrected chi connectivity index (χ3v) is 3.32. The van der Waals surface area contributed by atoms with Crippen molar-refractivity contribution in [3.63, 3.8) is 0 Å². The number of H-pyrrole nitrogens is 1. The van der Waals surface area contributed by atoms with E-state index in [4.69, 9.17) is 0 Å². The number of alkyl halides is 3. The molecule has 3 aromatic rings. The van der Waals surface area contributed by atoms with E-state index in [1.54, 1.807) is 6.07 Å². The third-order valence-electron chi connectivity index (χ3n) is 3.32. The number of benzene rings is 2. The van der Waals surface area contributed by atoms with E-state index in [2.05, 4.69) is 4.98 Å². The molecule has 0 radical (unpaired) electrons. The van der Waals surface area contributed by atoms with Crippen LogP contribution < -0.4 is 0 Å². The van der Waals surface area contributed by atoms with E-state index in [0.29, 0.717) is 12.0 Å². The lowest BCUT2D eigenvalue weighted by molar-refractivity contribution is -0.137. The van der Waals surface area contributed by atoms with Gasteiger partial charge >= 0.3 is 6.18 Å². The average Bonchev–Trinajstić information content (AvgIpc) is 2.82. The first-order chi connectivity index (χ1) is 9.54. The first kappa shape index (κ1) is 12.8. The van der Waals surface area contributed by atoms with Crippen LogP contribution in [0.3, 0.4) is 0 Å². The fourth-order valence-corrected chi connectivity index (χ4v) is 2.36. The highest BCUT2D eigenvalue weighted by atomic mass is 19.4. The second kappa shape index (κ2) is 4.71. The van der Waals surface area contributed by atoms with E-state index in [1.807, 2.05) is 30.5 Å². The van der Waals surface area contributed by atoms with Crippen molar-refractivity contribution >= 4 is 10.9 Å². The largest absolute Gasteiger partial charge is 0.416 e. The molecule has 2 aromatic carbocycles. The van der Waals surface area contributed by atoms with Crippen LogP contribution in [0.2, 0.25) is 0 Å². The number of fused-ring (bicyclic) bond motifs is 1. The molecule has 0 spiro atoms. The molecule has 0 bridgehead atoms. The number of aromatic amines is 1. The Labute approximate surface area is 114 Å². The summed E-state index contributed by atoms with van der Waals surface area (Å²) in [5.74, 6) is 0. The molecule has 1 nitrogen and oxygen atoms in total. The lowest BCUT2D eigenvalue weighted by Gasteiger charge is -2.08. The summed E-state index contributed by atoms with van der Waals surface area (Å²) < 4.78 is 38.1. The summed E-state index contributed by atoms with van der Waals surface area (Å²) in [6.07, 6.45) is -1.96. The molecule has 102 valence electrons. The molecule has 0 aliphatic heterocycles. The molecule has 0 aliphatic carbocycles. The SMILES string of the molecule is FC(F)(F)c1cccc(Cc2c[nH]c3ccccc23)c1. The molecular formula is C16H12F3N. The van der Waals surface area contributed by atoms with Crippen molar-refractivity contribution in [1.82, 2.24) is 4.98 Å². The first-order valence-electron chi connectivity index (χ1n) is 6.25. The zero-order chi connectivity index (χ0) is 14.2. The third kappa shape index (κ3) is 2.41. The number of para-hydroxylation sites is 1. The maximum Gasteiger partial charge on any atom is 0.416 e. The molecule has 0 atom stereocenters. The molecule has 1 aromatic heterocycles. The maximum absolute atomic E-state index is 12.7. The second-order valence-corrected chi connectivity index (χ2v) is 4.73. The summed E-state index contributed by atoms with van der Waals surface area (Å²) in [5, 5.41) is 1.05. The molecule has 0 saturated heterocycles. The van der Waals surface area contributed by atoms with Gasteiger partial charge < -0.3 is 4.98 Å². The van der Waals surface area contributed by atoms with Gasteiger partial charge in [-0.3, -0.25) is 0 Å². The smallest absolute Gasteiger partial charge is 0.361 e. The van der Waals surface area contributed by atoms with Crippen LogP contribution in [-0.4, -0.2) is 4.98 Å². The Hall–Kier alpha value is -2.23. The Morgan fingerprint density at radius 3 is 2.55 bits per heavy atom. The van der Waals surface area contributed by atoms with Crippen LogP contribution in [0.25, 0.3) is 10.9 Å². The topological polar surface area (TPSA) is 15.8 Å². The van der Waals surface area contributed by atoms with E-state index in [-0.39, 0.29) is 0 Å². The van der Waals surface area contributed by atoms with Gasteiger partial charge in [-0.15, -0.1) is 0 Å². The Balaban J connectivity index is 1.95. The van der Waals surface area contributed by atoms with Gasteiger partial charge in [0.15, 0.2) is 0 Å². The molecule has 0 fully saturated rings. The van der Waals surface area contributed by atoms with Gasteiger partial charge in [-0.2, -0.15) is 13.2 Å². The zero-order valence-corrected chi connectivity index (χ0v) is 10.5. The summed E-state index contributed by atoms with van der Waals surface area (Å²) in [7, 11) is 0. The standard InChI is InChI=1S/C16H12F3N/c17-16(18,19)13-5-3-4-11(9-13)8-12-10-20-15-7-2-1-6-14(12)15/h1-7,9-10,20H,8H2. The molecule has 0 saturated carbocycles. The number of hydrogen-bond acceptors (Lipinski definition) is 0. The van der Waals surface area contributed by atoms with Gasteiger partial charge in [0.25, 0.3) is 0 Å². The Morgan fingerprint density at radius 1 is 0.950 bits per heavy atom. The zero-order valence-electron chi connectivity index (χ0n) is 10.5. The van der Waals surface area contributed by atoms with E-state index in [0.717, 1.165) is 22.5 Å². The Kier molecular flexibility index (Phi) is 3.01. The second-order valence-electron chi connectivity index (χ2n) is 4.73. The molecule has 3 rings (SSSR count). The molecular weight excluding hydrogens is 263 g/mol. The van der Waals surface area contributed by atoms with Crippen LogP contribution in [-0.2, 0) is 12.6 Å². The lowest BCUT2D eigenvalue weighted by atomic mass is 10.0. The van der Waals surface area contributed by atoms with Crippen molar-refractivity contribution in [3.05, 3.63) is 71.4 Å². The molecule has 0 aliphatic rings. The molecule has 1 N–H and O–H groups in total. The molecule has 1 heterocycles. The van der Waals surface area contributed by atoms with Gasteiger partial charge in [0.05, 0.1) is 5.56 Å². The number of aromatic nitrogens is 1. The van der Waals surface area contributed by atoms with Crippen molar-refractivity contribution in [3.8, 4) is 0 Å². The summed E-state index contributed by atoms with van der Waals surface area (Å²) in [6, 6.07) is 13.2. The summed E-state index contributed by atoms with van der Waals surface area (Å²) in [5.41, 5.74) is 2.05. The van der Waals surface area contributed by atoms with Gasteiger partial charge in [0.2, 0.25) is 0 Å². The molecule has 20 heavy (non-hydrogen) atoms. The quantitative estimate of drug-likeness (QED) is 0.693. The molecule has 0 amide bonds. The molecule has 4 heteroatoms.